The summed E-state index contributed by atoms with van der Waals surface area (Å²) in [7, 11) is -7.95. The Balaban J connectivity index is 1.44. The van der Waals surface area contributed by atoms with Gasteiger partial charge in [-0.3, -0.25) is 14.3 Å². The minimum atomic E-state index is -4.11. The van der Waals surface area contributed by atoms with Crippen molar-refractivity contribution in [2.24, 2.45) is 0 Å². The molecule has 11 heteroatoms. The molecule has 0 aromatic heterocycles. The van der Waals surface area contributed by atoms with Gasteiger partial charge in [0.1, 0.15) is 11.4 Å². The van der Waals surface area contributed by atoms with Crippen LogP contribution in [-0.4, -0.2) is 39.5 Å². The molecule has 3 aromatic carbocycles. The summed E-state index contributed by atoms with van der Waals surface area (Å²) in [6.45, 7) is 1.14. The summed E-state index contributed by atoms with van der Waals surface area (Å²) in [5, 5.41) is 2.48. The van der Waals surface area contributed by atoms with Crippen LogP contribution in [-0.2, 0) is 24.8 Å². The molecule has 0 spiro atoms. The number of carbonyl (C=O) groups is 2. The van der Waals surface area contributed by atoms with Crippen LogP contribution in [0.3, 0.4) is 0 Å². The molecule has 3 aromatic rings. The summed E-state index contributed by atoms with van der Waals surface area (Å²) in [6, 6.07) is 18.0. The topological polar surface area (TPSA) is 130 Å². The maximum Gasteiger partial charge on any atom is 0.269 e. The Bertz CT molecular complexity index is 1470. The molecule has 1 aliphatic rings. The normalized spacial score (nSPS) is 14.6. The second-order valence-corrected chi connectivity index (χ2v) is 10.9. The van der Waals surface area contributed by atoms with Crippen LogP contribution >= 0.6 is 0 Å². The van der Waals surface area contributed by atoms with Gasteiger partial charge < -0.3 is 5.32 Å². The molecule has 33 heavy (non-hydrogen) atoms. The second-order valence-electron chi connectivity index (χ2n) is 7.36. The van der Waals surface area contributed by atoms with Crippen LogP contribution in [0.25, 0.3) is 0 Å². The second kappa shape index (κ2) is 8.34. The van der Waals surface area contributed by atoms with E-state index in [-0.39, 0.29) is 21.0 Å². The zero-order valence-corrected chi connectivity index (χ0v) is 19.0. The molecule has 0 bridgehead atoms. The number of anilines is 2. The first kappa shape index (κ1) is 22.5. The van der Waals surface area contributed by atoms with Gasteiger partial charge in [0.05, 0.1) is 10.5 Å². The average molecular weight is 486 g/mol. The van der Waals surface area contributed by atoms with Crippen LogP contribution in [0, 0.1) is 6.92 Å². The first-order valence-corrected chi connectivity index (χ1v) is 12.7. The molecule has 0 atom stereocenters. The molecule has 0 unspecified atom stereocenters. The van der Waals surface area contributed by atoms with E-state index in [2.05, 4.69) is 10.0 Å². The van der Waals surface area contributed by atoms with E-state index in [0.29, 0.717) is 9.99 Å². The van der Waals surface area contributed by atoms with Crippen LogP contribution in [0.4, 0.5) is 11.4 Å². The highest BCUT2D eigenvalue weighted by Gasteiger charge is 2.41. The number of rotatable bonds is 6. The lowest BCUT2D eigenvalue weighted by Crippen LogP contribution is -2.37. The van der Waals surface area contributed by atoms with Crippen molar-refractivity contribution in [3.05, 3.63) is 83.9 Å². The van der Waals surface area contributed by atoms with Gasteiger partial charge in [0.25, 0.3) is 26.0 Å². The SMILES string of the molecule is Cc1cccc(NS(=O)(=O)c2ccc(NC(=O)CN3C(=O)c4ccccc4S3(=O)=O)cc2)c1. The Morgan fingerprint density at radius 2 is 1.64 bits per heavy atom. The molecule has 2 amide bonds. The first-order chi connectivity index (χ1) is 15.6. The standard InChI is InChI=1S/C22H19N3O6S2/c1-15-5-4-6-17(13-15)24-32(28,29)18-11-9-16(10-12-18)23-21(26)14-25-22(27)19-7-2-3-8-20(19)33(25,30)31/h2-13,24H,14H2,1H3,(H,23,26). The van der Waals surface area contributed by atoms with Crippen molar-refractivity contribution in [2.75, 3.05) is 16.6 Å². The zero-order chi connectivity index (χ0) is 23.8. The number of aryl methyl sites for hydroxylation is 1. The third-order valence-corrected chi connectivity index (χ3v) is 8.10. The maximum absolute atomic E-state index is 12.6. The number of hydrogen-bond acceptors (Lipinski definition) is 6. The smallest absolute Gasteiger partial charge is 0.269 e. The quantitative estimate of drug-likeness (QED) is 0.552. The van der Waals surface area contributed by atoms with Gasteiger partial charge in [-0.15, -0.1) is 0 Å². The van der Waals surface area contributed by atoms with Gasteiger partial charge in [-0.2, -0.15) is 0 Å². The van der Waals surface area contributed by atoms with E-state index in [9.17, 15) is 26.4 Å². The minimum absolute atomic E-state index is 0.0148. The van der Waals surface area contributed by atoms with Crippen molar-refractivity contribution in [3.63, 3.8) is 0 Å². The van der Waals surface area contributed by atoms with Gasteiger partial charge in [0, 0.05) is 11.4 Å². The zero-order valence-electron chi connectivity index (χ0n) is 17.3. The van der Waals surface area contributed by atoms with Crippen LogP contribution in [0.1, 0.15) is 15.9 Å². The number of fused-ring (bicyclic) bond motifs is 1. The first-order valence-electron chi connectivity index (χ1n) is 9.73. The Morgan fingerprint density at radius 1 is 0.939 bits per heavy atom. The highest BCUT2D eigenvalue weighted by atomic mass is 32.2. The molecule has 170 valence electrons. The van der Waals surface area contributed by atoms with Crippen molar-refractivity contribution in [1.82, 2.24) is 4.31 Å². The van der Waals surface area contributed by atoms with Crippen LogP contribution < -0.4 is 10.0 Å². The minimum Gasteiger partial charge on any atom is -0.325 e. The lowest BCUT2D eigenvalue weighted by molar-refractivity contribution is -0.116. The van der Waals surface area contributed by atoms with Crippen molar-refractivity contribution < 1.29 is 26.4 Å². The fourth-order valence-electron chi connectivity index (χ4n) is 3.36. The van der Waals surface area contributed by atoms with E-state index in [1.807, 2.05) is 13.0 Å². The Morgan fingerprint density at radius 3 is 2.30 bits per heavy atom. The van der Waals surface area contributed by atoms with Crippen LogP contribution in [0.2, 0.25) is 0 Å². The fraction of sp³-hybridized carbons (Fsp3) is 0.0909. The monoisotopic (exact) mass is 485 g/mol. The Kier molecular flexibility index (Phi) is 5.68. The summed E-state index contributed by atoms with van der Waals surface area (Å²) >= 11 is 0. The molecule has 0 saturated carbocycles. The summed E-state index contributed by atoms with van der Waals surface area (Å²) in [4.78, 5) is 24.7. The average Bonchev–Trinajstić information content (AvgIpc) is 2.95. The molecular weight excluding hydrogens is 466 g/mol. The number of nitrogens with zero attached hydrogens (tertiary/aromatic N) is 1. The predicted octanol–water partition coefficient (Wildman–Crippen LogP) is 2.58. The van der Waals surface area contributed by atoms with E-state index in [0.717, 1.165) is 5.56 Å². The van der Waals surface area contributed by atoms with Gasteiger partial charge >= 0.3 is 0 Å². The van der Waals surface area contributed by atoms with Crippen LogP contribution in [0.15, 0.2) is 82.6 Å². The van der Waals surface area contributed by atoms with Gasteiger partial charge in [-0.25, -0.2) is 21.1 Å². The predicted molar refractivity (Wildman–Crippen MR) is 122 cm³/mol. The largest absolute Gasteiger partial charge is 0.325 e. The van der Waals surface area contributed by atoms with Crippen molar-refractivity contribution >= 4 is 43.2 Å². The summed E-state index contributed by atoms with van der Waals surface area (Å²) in [5.74, 6) is -1.52. The maximum atomic E-state index is 12.6. The van der Waals surface area contributed by atoms with Crippen molar-refractivity contribution in [1.29, 1.82) is 0 Å². The van der Waals surface area contributed by atoms with Gasteiger partial charge in [-0.05, 0) is 61.0 Å². The molecule has 0 radical (unpaired) electrons. The number of benzene rings is 3. The van der Waals surface area contributed by atoms with Gasteiger partial charge in [0.2, 0.25) is 5.91 Å². The van der Waals surface area contributed by atoms with Crippen molar-refractivity contribution in [2.45, 2.75) is 16.7 Å². The molecule has 0 aliphatic carbocycles. The number of carbonyl (C=O) groups excluding carboxylic acids is 2. The summed E-state index contributed by atoms with van der Waals surface area (Å²) in [6.07, 6.45) is 0. The third kappa shape index (κ3) is 4.45. The molecular formula is C22H19N3O6S2. The Labute approximate surface area is 191 Å². The molecule has 0 fully saturated rings. The molecule has 4 rings (SSSR count). The van der Waals surface area contributed by atoms with E-state index < -0.39 is 38.4 Å². The van der Waals surface area contributed by atoms with E-state index in [1.165, 1.54) is 42.5 Å². The van der Waals surface area contributed by atoms with Crippen molar-refractivity contribution in [3.8, 4) is 0 Å². The lowest BCUT2D eigenvalue weighted by atomic mass is 10.2. The number of amides is 2. The van der Waals surface area contributed by atoms with E-state index in [1.54, 1.807) is 24.3 Å². The van der Waals surface area contributed by atoms with E-state index in [4.69, 9.17) is 0 Å². The lowest BCUT2D eigenvalue weighted by Gasteiger charge is -2.15. The number of nitrogens with one attached hydrogen (secondary N) is 2. The van der Waals surface area contributed by atoms with E-state index >= 15 is 0 Å². The van der Waals surface area contributed by atoms with Gasteiger partial charge in [0.15, 0.2) is 0 Å². The molecule has 2 N–H and O–H groups in total. The Hall–Kier alpha value is -3.70. The summed E-state index contributed by atoms with van der Waals surface area (Å²) < 4.78 is 53.3. The number of sulfonamides is 2. The highest BCUT2D eigenvalue weighted by Crippen LogP contribution is 2.29. The molecule has 1 aliphatic heterocycles. The number of hydrogen-bond donors (Lipinski definition) is 2. The summed E-state index contributed by atoms with van der Waals surface area (Å²) in [5.41, 5.74) is 1.58. The van der Waals surface area contributed by atoms with Gasteiger partial charge in [-0.1, -0.05) is 24.3 Å². The van der Waals surface area contributed by atoms with Crippen LogP contribution in [0.5, 0.6) is 0 Å². The molecule has 0 saturated heterocycles. The highest BCUT2D eigenvalue weighted by molar-refractivity contribution is 7.92. The molecule has 1 heterocycles. The third-order valence-electron chi connectivity index (χ3n) is 4.92. The fourth-order valence-corrected chi connectivity index (χ4v) is 5.93. The molecule has 9 nitrogen and oxygen atoms in total.